The number of anilines is 1. The minimum atomic E-state index is -0.489. The van der Waals surface area contributed by atoms with Crippen molar-refractivity contribution in [3.05, 3.63) is 30.9 Å². The van der Waals surface area contributed by atoms with Crippen molar-refractivity contribution in [2.24, 2.45) is 0 Å². The minimum Gasteiger partial charge on any atom is -0.506 e. The lowest BCUT2D eigenvalue weighted by Gasteiger charge is -2.06. The lowest BCUT2D eigenvalue weighted by Crippen LogP contribution is -2.07. The molecule has 68 valence electrons. The van der Waals surface area contributed by atoms with Gasteiger partial charge in [0.15, 0.2) is 0 Å². The molecular weight excluding hydrogens is 170 g/mol. The molecule has 0 heterocycles. The second-order valence-electron chi connectivity index (χ2n) is 2.36. The maximum absolute atomic E-state index is 10.8. The summed E-state index contributed by atoms with van der Waals surface area (Å²) < 4.78 is 0. The van der Waals surface area contributed by atoms with E-state index in [1.807, 2.05) is 0 Å². The number of hydrogen-bond donors (Lipinski definition) is 3. The van der Waals surface area contributed by atoms with Crippen LogP contribution in [0.4, 0.5) is 5.69 Å². The second-order valence-corrected chi connectivity index (χ2v) is 2.36. The van der Waals surface area contributed by atoms with Crippen molar-refractivity contribution in [1.29, 1.82) is 0 Å². The van der Waals surface area contributed by atoms with Crippen molar-refractivity contribution < 1.29 is 15.0 Å². The Balaban J connectivity index is 2.99. The Morgan fingerprint density at radius 1 is 1.38 bits per heavy atom. The molecule has 4 heteroatoms. The van der Waals surface area contributed by atoms with Crippen LogP contribution in [0.5, 0.6) is 11.5 Å². The number of amides is 1. The molecule has 0 aromatic heterocycles. The summed E-state index contributed by atoms with van der Waals surface area (Å²) in [6.07, 6.45) is 1.05. The molecule has 0 unspecified atom stereocenters. The van der Waals surface area contributed by atoms with Crippen LogP contribution in [0.3, 0.4) is 0 Å². The lowest BCUT2D eigenvalue weighted by atomic mass is 10.2. The van der Waals surface area contributed by atoms with Gasteiger partial charge >= 0.3 is 0 Å². The van der Waals surface area contributed by atoms with Gasteiger partial charge in [-0.15, -0.1) is 0 Å². The van der Waals surface area contributed by atoms with Gasteiger partial charge in [0.1, 0.15) is 17.2 Å². The summed E-state index contributed by atoms with van der Waals surface area (Å²) in [4.78, 5) is 10.8. The fourth-order valence-electron chi connectivity index (χ4n) is 0.831. The first-order valence-corrected chi connectivity index (χ1v) is 3.59. The molecule has 1 rings (SSSR count). The molecule has 3 N–H and O–H groups in total. The number of nitrogens with one attached hydrogen (secondary N) is 1. The van der Waals surface area contributed by atoms with Crippen molar-refractivity contribution in [3.8, 4) is 11.5 Å². The van der Waals surface area contributed by atoms with E-state index in [-0.39, 0.29) is 17.2 Å². The van der Waals surface area contributed by atoms with Crippen LogP contribution in [0.25, 0.3) is 0 Å². The second kappa shape index (κ2) is 3.62. The summed E-state index contributed by atoms with van der Waals surface area (Å²) in [5.41, 5.74) is -0.00704. The highest BCUT2D eigenvalue weighted by molar-refractivity contribution is 6.00. The van der Waals surface area contributed by atoms with E-state index in [1.165, 1.54) is 18.2 Å². The Kier molecular flexibility index (Phi) is 2.54. The van der Waals surface area contributed by atoms with Crippen LogP contribution in [0, 0.1) is 0 Å². The normalized spacial score (nSPS) is 9.23. The van der Waals surface area contributed by atoms with Crippen LogP contribution in [0.15, 0.2) is 30.9 Å². The number of carbonyl (C=O) groups is 1. The maximum atomic E-state index is 10.8. The molecule has 0 spiro atoms. The molecule has 0 saturated carbocycles. The summed E-state index contributed by atoms with van der Waals surface area (Å²) in [7, 11) is 0. The number of aromatic hydroxyl groups is 2. The van der Waals surface area contributed by atoms with Gasteiger partial charge in [0.05, 0.1) is 0 Å². The molecule has 0 aliphatic heterocycles. The quantitative estimate of drug-likeness (QED) is 0.472. The van der Waals surface area contributed by atoms with E-state index in [9.17, 15) is 15.0 Å². The Morgan fingerprint density at radius 3 is 2.38 bits per heavy atom. The SMILES string of the molecule is C=CC(=O)Nc1c(O)cccc1O. The van der Waals surface area contributed by atoms with Crippen LogP contribution >= 0.6 is 0 Å². The van der Waals surface area contributed by atoms with Crippen molar-refractivity contribution in [2.45, 2.75) is 0 Å². The third-order valence-electron chi connectivity index (χ3n) is 1.45. The van der Waals surface area contributed by atoms with Gasteiger partial charge in [-0.3, -0.25) is 4.79 Å². The molecule has 4 nitrogen and oxygen atoms in total. The van der Waals surface area contributed by atoms with Gasteiger partial charge in [-0.2, -0.15) is 0 Å². The Bertz CT molecular complexity index is 326. The van der Waals surface area contributed by atoms with Crippen LogP contribution in [0.1, 0.15) is 0 Å². The zero-order chi connectivity index (χ0) is 9.84. The summed E-state index contributed by atoms with van der Waals surface area (Å²) in [5.74, 6) is -0.859. The van der Waals surface area contributed by atoms with Crippen LogP contribution in [0.2, 0.25) is 0 Å². The largest absolute Gasteiger partial charge is 0.506 e. The fourth-order valence-corrected chi connectivity index (χ4v) is 0.831. The Morgan fingerprint density at radius 2 is 1.92 bits per heavy atom. The molecule has 0 fully saturated rings. The highest BCUT2D eigenvalue weighted by Gasteiger charge is 2.07. The van der Waals surface area contributed by atoms with E-state index in [0.29, 0.717) is 0 Å². The Labute approximate surface area is 75.1 Å². The number of hydrogen-bond acceptors (Lipinski definition) is 3. The maximum Gasteiger partial charge on any atom is 0.247 e. The van der Waals surface area contributed by atoms with Gasteiger partial charge < -0.3 is 15.5 Å². The van der Waals surface area contributed by atoms with Gasteiger partial charge in [-0.25, -0.2) is 0 Å². The number of rotatable bonds is 2. The molecule has 1 amide bonds. The molecule has 13 heavy (non-hydrogen) atoms. The third-order valence-corrected chi connectivity index (χ3v) is 1.45. The fraction of sp³-hybridized carbons (Fsp3) is 0. The molecule has 0 radical (unpaired) electrons. The molecule has 0 aliphatic carbocycles. The van der Waals surface area contributed by atoms with Gasteiger partial charge in [-0.05, 0) is 18.2 Å². The monoisotopic (exact) mass is 179 g/mol. The predicted molar refractivity (Wildman–Crippen MR) is 48.6 cm³/mol. The molecule has 1 aromatic rings. The van der Waals surface area contributed by atoms with E-state index in [2.05, 4.69) is 11.9 Å². The van der Waals surface area contributed by atoms with Crippen LogP contribution in [-0.4, -0.2) is 16.1 Å². The van der Waals surface area contributed by atoms with Gasteiger partial charge in [0, 0.05) is 0 Å². The predicted octanol–water partition coefficient (Wildman–Crippen LogP) is 1.22. The van der Waals surface area contributed by atoms with E-state index < -0.39 is 5.91 Å². The number of carbonyl (C=O) groups excluding carboxylic acids is 1. The van der Waals surface area contributed by atoms with Crippen LogP contribution < -0.4 is 5.32 Å². The van der Waals surface area contributed by atoms with E-state index in [0.717, 1.165) is 6.08 Å². The standard InChI is InChI=1S/C9H9NO3/c1-2-8(13)10-9-6(11)4-3-5-7(9)12/h2-5,11-12H,1H2,(H,10,13). The smallest absolute Gasteiger partial charge is 0.247 e. The average Bonchev–Trinajstić information content (AvgIpc) is 2.11. The van der Waals surface area contributed by atoms with Crippen molar-refractivity contribution >= 4 is 11.6 Å². The lowest BCUT2D eigenvalue weighted by molar-refractivity contribution is -0.111. The molecule has 1 aromatic carbocycles. The molecular formula is C9H9NO3. The highest BCUT2D eigenvalue weighted by Crippen LogP contribution is 2.31. The molecule has 0 aliphatic rings. The van der Waals surface area contributed by atoms with Gasteiger partial charge in [0.2, 0.25) is 5.91 Å². The zero-order valence-corrected chi connectivity index (χ0v) is 6.82. The topological polar surface area (TPSA) is 69.6 Å². The summed E-state index contributed by atoms with van der Waals surface area (Å²) >= 11 is 0. The molecule has 0 atom stereocenters. The van der Waals surface area contributed by atoms with Gasteiger partial charge in [0.25, 0.3) is 0 Å². The summed E-state index contributed by atoms with van der Waals surface area (Å²) in [5, 5.41) is 20.7. The van der Waals surface area contributed by atoms with Gasteiger partial charge in [-0.1, -0.05) is 12.6 Å². The number of phenols is 2. The number of benzene rings is 1. The van der Waals surface area contributed by atoms with E-state index >= 15 is 0 Å². The van der Waals surface area contributed by atoms with Crippen molar-refractivity contribution in [1.82, 2.24) is 0 Å². The van der Waals surface area contributed by atoms with E-state index in [1.54, 1.807) is 0 Å². The van der Waals surface area contributed by atoms with Crippen molar-refractivity contribution in [2.75, 3.05) is 5.32 Å². The molecule has 0 bridgehead atoms. The zero-order valence-electron chi connectivity index (χ0n) is 6.82. The van der Waals surface area contributed by atoms with E-state index in [4.69, 9.17) is 0 Å². The van der Waals surface area contributed by atoms with Crippen LogP contribution in [-0.2, 0) is 4.79 Å². The summed E-state index contributed by atoms with van der Waals surface area (Å²) in [6, 6.07) is 4.19. The molecule has 0 saturated heterocycles. The number of phenolic OH excluding ortho intramolecular Hbond substituents is 2. The third kappa shape index (κ3) is 1.99. The van der Waals surface area contributed by atoms with Crippen molar-refractivity contribution in [3.63, 3.8) is 0 Å². The first kappa shape index (κ1) is 9.12. The average molecular weight is 179 g/mol. The Hall–Kier alpha value is -1.97. The first-order valence-electron chi connectivity index (χ1n) is 3.59. The highest BCUT2D eigenvalue weighted by atomic mass is 16.3. The number of para-hydroxylation sites is 1. The first-order chi connectivity index (χ1) is 6.15. The summed E-state index contributed by atoms with van der Waals surface area (Å²) in [6.45, 7) is 3.24. The minimum absolute atomic E-state index is 0.00704.